The molecule has 4 nitrogen and oxygen atoms in total. The number of hydrogen-bond acceptors (Lipinski definition) is 2. The number of benzene rings is 2. The second-order valence-corrected chi connectivity index (χ2v) is 7.25. The lowest BCUT2D eigenvalue weighted by molar-refractivity contribution is 0.0723. The van der Waals surface area contributed by atoms with Crippen LogP contribution in [0.25, 0.3) is 0 Å². The molecule has 0 saturated heterocycles. The standard InChI is InChI=1S/C21H18ClF2N3O/c22-18-5-2-6-19(24)17(18)12-26-10-9-25-20(26)13-27(16-7-8-16)21(28)14-3-1-4-15(23)11-14/h1-6,9-11,16H,7-8,12-13H2. The van der Waals surface area contributed by atoms with Gasteiger partial charge in [0, 0.05) is 34.6 Å². The van der Waals surface area contributed by atoms with E-state index in [0.29, 0.717) is 22.0 Å². The van der Waals surface area contributed by atoms with Crippen molar-refractivity contribution >= 4 is 17.5 Å². The first kappa shape index (κ1) is 18.6. The number of amides is 1. The Kier molecular flexibility index (Phi) is 5.13. The van der Waals surface area contributed by atoms with E-state index in [9.17, 15) is 13.6 Å². The molecule has 4 rings (SSSR count). The van der Waals surface area contributed by atoms with Crippen LogP contribution in [0.15, 0.2) is 54.9 Å². The van der Waals surface area contributed by atoms with E-state index in [1.807, 2.05) is 0 Å². The lowest BCUT2D eigenvalue weighted by atomic mass is 10.2. The molecule has 0 bridgehead atoms. The number of aromatic nitrogens is 2. The van der Waals surface area contributed by atoms with Gasteiger partial charge >= 0.3 is 0 Å². The third-order valence-corrected chi connectivity index (χ3v) is 5.18. The highest BCUT2D eigenvalue weighted by atomic mass is 35.5. The molecule has 1 fully saturated rings. The van der Waals surface area contributed by atoms with Crippen LogP contribution in [0.1, 0.15) is 34.6 Å². The minimum absolute atomic E-state index is 0.109. The van der Waals surface area contributed by atoms with Crippen molar-refractivity contribution in [3.8, 4) is 0 Å². The number of hydrogen-bond donors (Lipinski definition) is 0. The Labute approximate surface area is 166 Å². The van der Waals surface area contributed by atoms with Crippen molar-refractivity contribution in [2.75, 3.05) is 0 Å². The summed E-state index contributed by atoms with van der Waals surface area (Å²) in [5, 5.41) is 0.342. The zero-order valence-corrected chi connectivity index (χ0v) is 15.7. The van der Waals surface area contributed by atoms with E-state index in [4.69, 9.17) is 11.6 Å². The summed E-state index contributed by atoms with van der Waals surface area (Å²) in [6, 6.07) is 10.3. The first-order valence-electron chi connectivity index (χ1n) is 9.02. The van der Waals surface area contributed by atoms with E-state index in [1.165, 1.54) is 24.3 Å². The van der Waals surface area contributed by atoms with Gasteiger partial charge in [-0.05, 0) is 43.2 Å². The Morgan fingerprint density at radius 1 is 1.21 bits per heavy atom. The fourth-order valence-corrected chi connectivity index (χ4v) is 3.40. The SMILES string of the molecule is O=C(c1cccc(F)c1)N(Cc1nccn1Cc1c(F)cccc1Cl)C1CC1. The van der Waals surface area contributed by atoms with Crippen molar-refractivity contribution in [2.24, 2.45) is 0 Å². The molecule has 0 N–H and O–H groups in total. The summed E-state index contributed by atoms with van der Waals surface area (Å²) < 4.78 is 29.5. The molecule has 0 spiro atoms. The van der Waals surface area contributed by atoms with Crippen LogP contribution in [-0.4, -0.2) is 26.4 Å². The maximum atomic E-state index is 14.1. The molecule has 1 aromatic heterocycles. The van der Waals surface area contributed by atoms with E-state index in [0.717, 1.165) is 12.8 Å². The van der Waals surface area contributed by atoms with Crippen molar-refractivity contribution in [1.82, 2.24) is 14.5 Å². The molecule has 0 aliphatic heterocycles. The van der Waals surface area contributed by atoms with E-state index in [-0.39, 0.29) is 30.9 Å². The van der Waals surface area contributed by atoms with Crippen LogP contribution < -0.4 is 0 Å². The summed E-state index contributed by atoms with van der Waals surface area (Å²) >= 11 is 6.14. The Morgan fingerprint density at radius 3 is 2.71 bits per heavy atom. The van der Waals surface area contributed by atoms with Gasteiger partial charge in [-0.1, -0.05) is 23.7 Å². The van der Waals surface area contributed by atoms with Crippen molar-refractivity contribution in [3.05, 3.63) is 88.5 Å². The lowest BCUT2D eigenvalue weighted by Gasteiger charge is -2.23. The first-order chi connectivity index (χ1) is 13.5. The molecule has 1 heterocycles. The summed E-state index contributed by atoms with van der Waals surface area (Å²) in [6.45, 7) is 0.479. The molecular formula is C21H18ClF2N3O. The highest BCUT2D eigenvalue weighted by Gasteiger charge is 2.34. The van der Waals surface area contributed by atoms with Crippen LogP contribution >= 0.6 is 11.6 Å². The van der Waals surface area contributed by atoms with Gasteiger partial charge in [0.15, 0.2) is 0 Å². The predicted molar refractivity (Wildman–Crippen MR) is 102 cm³/mol. The van der Waals surface area contributed by atoms with Crippen LogP contribution in [0.5, 0.6) is 0 Å². The minimum atomic E-state index is -0.447. The van der Waals surface area contributed by atoms with Crippen molar-refractivity contribution < 1.29 is 13.6 Å². The number of carbonyl (C=O) groups excluding carboxylic acids is 1. The lowest BCUT2D eigenvalue weighted by Crippen LogP contribution is -2.33. The van der Waals surface area contributed by atoms with Gasteiger partial charge in [-0.15, -0.1) is 0 Å². The first-order valence-corrected chi connectivity index (χ1v) is 9.40. The van der Waals surface area contributed by atoms with Crippen LogP contribution in [0, 0.1) is 11.6 Å². The molecule has 2 aromatic carbocycles. The molecule has 1 aliphatic rings. The van der Waals surface area contributed by atoms with E-state index in [1.54, 1.807) is 40.1 Å². The number of halogens is 3. The summed E-state index contributed by atoms with van der Waals surface area (Å²) in [7, 11) is 0. The molecule has 3 aromatic rings. The highest BCUT2D eigenvalue weighted by molar-refractivity contribution is 6.31. The number of carbonyl (C=O) groups is 1. The highest BCUT2D eigenvalue weighted by Crippen LogP contribution is 2.30. The summed E-state index contributed by atoms with van der Waals surface area (Å²) in [6.07, 6.45) is 5.15. The molecule has 144 valence electrons. The van der Waals surface area contributed by atoms with Crippen molar-refractivity contribution in [3.63, 3.8) is 0 Å². The molecule has 7 heteroatoms. The quantitative estimate of drug-likeness (QED) is 0.602. The monoisotopic (exact) mass is 401 g/mol. The zero-order chi connectivity index (χ0) is 19.7. The Hall–Kier alpha value is -2.73. The minimum Gasteiger partial charge on any atom is -0.329 e. The van der Waals surface area contributed by atoms with Crippen molar-refractivity contribution in [2.45, 2.75) is 32.0 Å². The number of nitrogens with zero attached hydrogens (tertiary/aromatic N) is 3. The predicted octanol–water partition coefficient (Wildman–Crippen LogP) is 4.67. The smallest absolute Gasteiger partial charge is 0.254 e. The Morgan fingerprint density at radius 2 is 2.00 bits per heavy atom. The summed E-state index contributed by atoms with van der Waals surface area (Å²) in [5.74, 6) is -0.448. The Balaban J connectivity index is 1.58. The molecule has 0 atom stereocenters. The third kappa shape index (κ3) is 3.92. The number of rotatable bonds is 6. The molecule has 0 unspecified atom stereocenters. The van der Waals surface area contributed by atoms with Crippen LogP contribution in [-0.2, 0) is 13.1 Å². The van der Waals surface area contributed by atoms with Gasteiger partial charge in [0.2, 0.25) is 0 Å². The average molecular weight is 402 g/mol. The van der Waals surface area contributed by atoms with Crippen LogP contribution in [0.3, 0.4) is 0 Å². The molecule has 0 radical (unpaired) electrons. The van der Waals surface area contributed by atoms with Crippen LogP contribution in [0.2, 0.25) is 5.02 Å². The van der Waals surface area contributed by atoms with Gasteiger partial charge in [-0.25, -0.2) is 13.8 Å². The summed E-state index contributed by atoms with van der Waals surface area (Å²) in [4.78, 5) is 19.0. The van der Waals surface area contributed by atoms with Crippen LogP contribution in [0.4, 0.5) is 8.78 Å². The van der Waals surface area contributed by atoms with E-state index >= 15 is 0 Å². The molecule has 28 heavy (non-hydrogen) atoms. The van der Waals surface area contributed by atoms with Gasteiger partial charge in [-0.2, -0.15) is 0 Å². The molecule has 1 amide bonds. The average Bonchev–Trinajstić information content (AvgIpc) is 3.42. The topological polar surface area (TPSA) is 38.1 Å². The molecular weight excluding hydrogens is 384 g/mol. The molecule has 1 saturated carbocycles. The maximum absolute atomic E-state index is 14.1. The normalized spacial score (nSPS) is 13.5. The largest absolute Gasteiger partial charge is 0.329 e. The maximum Gasteiger partial charge on any atom is 0.254 e. The van der Waals surface area contributed by atoms with Gasteiger partial charge in [-0.3, -0.25) is 4.79 Å². The van der Waals surface area contributed by atoms with Gasteiger partial charge in [0.05, 0.1) is 13.1 Å². The fourth-order valence-electron chi connectivity index (χ4n) is 3.18. The van der Waals surface area contributed by atoms with Gasteiger partial charge in [0.1, 0.15) is 17.5 Å². The molecule has 1 aliphatic carbocycles. The van der Waals surface area contributed by atoms with E-state index in [2.05, 4.69) is 4.98 Å². The van der Waals surface area contributed by atoms with Crippen molar-refractivity contribution in [1.29, 1.82) is 0 Å². The number of imidazole rings is 1. The Bertz CT molecular complexity index is 996. The summed E-state index contributed by atoms with van der Waals surface area (Å²) in [5.41, 5.74) is 0.681. The fraction of sp³-hybridized carbons (Fsp3) is 0.238. The third-order valence-electron chi connectivity index (χ3n) is 4.82. The van der Waals surface area contributed by atoms with Gasteiger partial charge < -0.3 is 9.47 Å². The zero-order valence-electron chi connectivity index (χ0n) is 15.0. The second kappa shape index (κ2) is 7.72. The second-order valence-electron chi connectivity index (χ2n) is 6.85. The van der Waals surface area contributed by atoms with Gasteiger partial charge in [0.25, 0.3) is 5.91 Å². The van der Waals surface area contributed by atoms with E-state index < -0.39 is 5.82 Å².